The average Bonchev–Trinajstić information content (AvgIpc) is 2.87. The Bertz CT molecular complexity index is 1260. The molecule has 3 aromatic carbocycles. The molecule has 0 aromatic heterocycles. The molecule has 3 rings (SSSR count). The van der Waals surface area contributed by atoms with E-state index >= 15 is 0 Å². The second-order valence-electron chi connectivity index (χ2n) is 7.02. The van der Waals surface area contributed by atoms with Gasteiger partial charge in [0.2, 0.25) is 5.75 Å². The second-order valence-corrected chi connectivity index (χ2v) is 8.25. The third kappa shape index (κ3) is 5.93. The Hall–Kier alpha value is -3.56. The minimum atomic E-state index is -0.803. The minimum absolute atomic E-state index is 0.0683. The van der Waals surface area contributed by atoms with Crippen LogP contribution >= 0.6 is 27.5 Å². The van der Waals surface area contributed by atoms with Gasteiger partial charge in [0, 0.05) is 16.1 Å². The summed E-state index contributed by atoms with van der Waals surface area (Å²) < 4.78 is 21.3. The Labute approximate surface area is 215 Å². The fourth-order valence-electron chi connectivity index (χ4n) is 3.22. The quantitative estimate of drug-likeness (QED) is 0.284. The van der Waals surface area contributed by atoms with Crippen LogP contribution in [0.25, 0.3) is 0 Å². The number of benzene rings is 3. The molecule has 35 heavy (non-hydrogen) atoms. The number of nitrogens with one attached hydrogen (secondary N) is 1. The fourth-order valence-corrected chi connectivity index (χ4v) is 4.01. The molecule has 0 spiro atoms. The average molecular weight is 563 g/mol. The first kappa shape index (κ1) is 26.1. The molecule has 1 amide bonds. The molecule has 0 aliphatic heterocycles. The summed E-state index contributed by atoms with van der Waals surface area (Å²) in [5.74, 6) is -1.01. The molecule has 0 unspecified atom stereocenters. The molecule has 1 N–H and O–H groups in total. The third-order valence-electron chi connectivity index (χ3n) is 4.86. The van der Waals surface area contributed by atoms with Crippen molar-refractivity contribution in [3.63, 3.8) is 0 Å². The summed E-state index contributed by atoms with van der Waals surface area (Å²) >= 11 is 9.37. The van der Waals surface area contributed by atoms with Crippen LogP contribution in [0, 0.1) is 0 Å². The van der Waals surface area contributed by atoms with Crippen LogP contribution in [0.1, 0.15) is 26.3 Å². The molecule has 0 bridgehead atoms. The molecule has 0 heterocycles. The zero-order valence-electron chi connectivity index (χ0n) is 19.0. The number of halogens is 2. The maximum absolute atomic E-state index is 12.9. The molecule has 182 valence electrons. The van der Waals surface area contributed by atoms with Gasteiger partial charge in [-0.25, -0.2) is 4.79 Å². The number of methoxy groups -OCH3 is 3. The van der Waals surface area contributed by atoms with Crippen LogP contribution in [-0.2, 0) is 9.53 Å². The van der Waals surface area contributed by atoms with Gasteiger partial charge in [0.25, 0.3) is 5.91 Å². The van der Waals surface area contributed by atoms with Gasteiger partial charge >= 0.3 is 5.97 Å². The topological polar surface area (TPSA) is 100 Å². The predicted octanol–water partition coefficient (Wildman–Crippen LogP) is 5.15. The van der Waals surface area contributed by atoms with E-state index in [1.807, 2.05) is 0 Å². The number of esters is 1. The van der Waals surface area contributed by atoms with Crippen molar-refractivity contribution in [2.45, 2.75) is 0 Å². The first-order chi connectivity index (χ1) is 16.8. The van der Waals surface area contributed by atoms with Crippen LogP contribution in [0.2, 0.25) is 5.02 Å². The monoisotopic (exact) mass is 561 g/mol. The standard InChI is InChI=1S/C25H21BrClNO7/c1-32-19-12-17(21(26)24(34-3)23(19)33-2)25(31)35-13-20(29)28-18-10-9-15(27)11-16(18)22(30)14-7-5-4-6-8-14/h4-12H,13H2,1-3H3,(H,28,29). The van der Waals surface area contributed by atoms with Gasteiger partial charge in [-0.3, -0.25) is 9.59 Å². The van der Waals surface area contributed by atoms with Crippen LogP contribution in [0.15, 0.2) is 59.1 Å². The van der Waals surface area contributed by atoms with Crippen LogP contribution in [0.5, 0.6) is 17.2 Å². The Morgan fingerprint density at radius 3 is 2.20 bits per heavy atom. The fraction of sp³-hybridized carbons (Fsp3) is 0.160. The van der Waals surface area contributed by atoms with Crippen molar-refractivity contribution in [3.05, 3.63) is 80.8 Å². The number of hydrogen-bond donors (Lipinski definition) is 1. The van der Waals surface area contributed by atoms with E-state index in [-0.39, 0.29) is 44.3 Å². The zero-order valence-corrected chi connectivity index (χ0v) is 21.4. The highest BCUT2D eigenvalue weighted by molar-refractivity contribution is 9.10. The molecular formula is C25H21BrClNO7. The molecule has 0 atom stereocenters. The van der Waals surface area contributed by atoms with Gasteiger partial charge in [-0.2, -0.15) is 0 Å². The summed E-state index contributed by atoms with van der Waals surface area (Å²) in [4.78, 5) is 38.2. The van der Waals surface area contributed by atoms with Crippen molar-refractivity contribution in [2.24, 2.45) is 0 Å². The molecule has 0 aliphatic carbocycles. The normalized spacial score (nSPS) is 10.3. The SMILES string of the molecule is COc1cc(C(=O)OCC(=O)Nc2ccc(Cl)cc2C(=O)c2ccccc2)c(Br)c(OC)c1OC. The van der Waals surface area contributed by atoms with E-state index in [1.165, 1.54) is 45.6 Å². The first-order valence-electron chi connectivity index (χ1n) is 10.1. The predicted molar refractivity (Wildman–Crippen MR) is 134 cm³/mol. The Morgan fingerprint density at radius 2 is 1.57 bits per heavy atom. The summed E-state index contributed by atoms with van der Waals surface area (Å²) in [6.07, 6.45) is 0. The number of amides is 1. The van der Waals surface area contributed by atoms with E-state index in [1.54, 1.807) is 30.3 Å². The highest BCUT2D eigenvalue weighted by Crippen LogP contribution is 2.44. The van der Waals surface area contributed by atoms with Crippen LogP contribution in [0.3, 0.4) is 0 Å². The van der Waals surface area contributed by atoms with Gasteiger partial charge in [0.15, 0.2) is 23.9 Å². The van der Waals surface area contributed by atoms with Crippen molar-refractivity contribution in [2.75, 3.05) is 33.3 Å². The summed E-state index contributed by atoms with van der Waals surface area (Å²) in [6, 6.07) is 14.5. The molecule has 10 heteroatoms. The van der Waals surface area contributed by atoms with Gasteiger partial charge in [-0.15, -0.1) is 0 Å². The van der Waals surface area contributed by atoms with Crippen LogP contribution < -0.4 is 19.5 Å². The number of ether oxygens (including phenoxy) is 4. The van der Waals surface area contributed by atoms with Crippen LogP contribution in [0.4, 0.5) is 5.69 Å². The van der Waals surface area contributed by atoms with E-state index in [4.69, 9.17) is 30.5 Å². The molecular weight excluding hydrogens is 542 g/mol. The maximum atomic E-state index is 12.9. The van der Waals surface area contributed by atoms with E-state index in [0.29, 0.717) is 10.6 Å². The van der Waals surface area contributed by atoms with E-state index < -0.39 is 18.5 Å². The molecule has 0 saturated carbocycles. The first-order valence-corrected chi connectivity index (χ1v) is 11.3. The number of hydrogen-bond acceptors (Lipinski definition) is 7. The van der Waals surface area contributed by atoms with Crippen molar-refractivity contribution in [1.82, 2.24) is 0 Å². The van der Waals surface area contributed by atoms with Gasteiger partial charge < -0.3 is 24.3 Å². The van der Waals surface area contributed by atoms with Crippen molar-refractivity contribution in [1.29, 1.82) is 0 Å². The summed E-state index contributed by atoms with van der Waals surface area (Å²) in [5, 5.41) is 2.93. The summed E-state index contributed by atoms with van der Waals surface area (Å²) in [7, 11) is 4.25. The van der Waals surface area contributed by atoms with E-state index in [2.05, 4.69) is 21.2 Å². The van der Waals surface area contributed by atoms with Crippen molar-refractivity contribution < 1.29 is 33.3 Å². The molecule has 0 radical (unpaired) electrons. The van der Waals surface area contributed by atoms with Crippen LogP contribution in [-0.4, -0.2) is 45.6 Å². The number of ketones is 1. The molecule has 0 fully saturated rings. The second kappa shape index (κ2) is 11.7. The largest absolute Gasteiger partial charge is 0.493 e. The lowest BCUT2D eigenvalue weighted by Crippen LogP contribution is -2.22. The molecule has 0 saturated heterocycles. The van der Waals surface area contributed by atoms with E-state index in [0.717, 1.165) is 0 Å². The van der Waals surface area contributed by atoms with Gasteiger partial charge in [0.1, 0.15) is 0 Å². The lowest BCUT2D eigenvalue weighted by atomic mass is 10.0. The summed E-state index contributed by atoms with van der Waals surface area (Å²) in [6.45, 7) is -0.608. The van der Waals surface area contributed by atoms with Gasteiger partial charge in [-0.1, -0.05) is 41.9 Å². The molecule has 0 aliphatic rings. The molecule has 3 aromatic rings. The zero-order chi connectivity index (χ0) is 25.5. The number of carbonyl (C=O) groups is 3. The van der Waals surface area contributed by atoms with Gasteiger partial charge in [-0.05, 0) is 40.2 Å². The van der Waals surface area contributed by atoms with Gasteiger partial charge in [0.05, 0.1) is 37.1 Å². The smallest absolute Gasteiger partial charge is 0.340 e. The maximum Gasteiger partial charge on any atom is 0.340 e. The number of carbonyl (C=O) groups excluding carboxylic acids is 3. The lowest BCUT2D eigenvalue weighted by Gasteiger charge is -2.16. The van der Waals surface area contributed by atoms with Crippen molar-refractivity contribution in [3.8, 4) is 17.2 Å². The van der Waals surface area contributed by atoms with E-state index in [9.17, 15) is 14.4 Å². The summed E-state index contributed by atoms with van der Waals surface area (Å²) in [5.41, 5.74) is 0.941. The minimum Gasteiger partial charge on any atom is -0.493 e. The number of anilines is 1. The molecule has 8 nitrogen and oxygen atoms in total. The Balaban J connectivity index is 1.76. The highest BCUT2D eigenvalue weighted by atomic mass is 79.9. The third-order valence-corrected chi connectivity index (χ3v) is 5.88. The Morgan fingerprint density at radius 1 is 0.886 bits per heavy atom. The lowest BCUT2D eigenvalue weighted by molar-refractivity contribution is -0.119. The highest BCUT2D eigenvalue weighted by Gasteiger charge is 2.24. The van der Waals surface area contributed by atoms with Crippen molar-refractivity contribution >= 4 is 50.9 Å². The Kier molecular flexibility index (Phi) is 8.73. The number of rotatable bonds is 9.